The van der Waals surface area contributed by atoms with Crippen molar-refractivity contribution in [3.05, 3.63) is 20.8 Å². The molecule has 0 aromatic carbocycles. The third-order valence-electron chi connectivity index (χ3n) is 2.76. The first-order chi connectivity index (χ1) is 6.77. The van der Waals surface area contributed by atoms with Crippen LogP contribution in [0.1, 0.15) is 30.6 Å². The van der Waals surface area contributed by atoms with Gasteiger partial charge in [-0.1, -0.05) is 0 Å². The average molecular weight is 275 g/mol. The van der Waals surface area contributed by atoms with Gasteiger partial charge in [0.05, 0.1) is 6.10 Å². The van der Waals surface area contributed by atoms with Gasteiger partial charge in [0.25, 0.3) is 0 Å². The molecule has 1 aromatic rings. The molecule has 2 rings (SSSR count). The number of rotatable bonds is 5. The SMILES string of the molecule is OC(CCCc1sccc1Br)C1CC1. The highest BCUT2D eigenvalue weighted by atomic mass is 79.9. The number of aryl methyl sites for hydroxylation is 1. The Morgan fingerprint density at radius 3 is 2.93 bits per heavy atom. The van der Waals surface area contributed by atoms with E-state index in [2.05, 4.69) is 27.4 Å². The van der Waals surface area contributed by atoms with E-state index >= 15 is 0 Å². The zero-order valence-corrected chi connectivity index (χ0v) is 10.5. The molecule has 1 unspecified atom stereocenters. The lowest BCUT2D eigenvalue weighted by atomic mass is 10.1. The summed E-state index contributed by atoms with van der Waals surface area (Å²) in [7, 11) is 0. The summed E-state index contributed by atoms with van der Waals surface area (Å²) in [5.41, 5.74) is 0. The molecule has 0 radical (unpaired) electrons. The van der Waals surface area contributed by atoms with Crippen LogP contribution in [0.15, 0.2) is 15.9 Å². The van der Waals surface area contributed by atoms with Crippen LogP contribution in [-0.2, 0) is 6.42 Å². The largest absolute Gasteiger partial charge is 0.393 e. The molecule has 1 nitrogen and oxygen atoms in total. The highest BCUT2D eigenvalue weighted by molar-refractivity contribution is 9.10. The molecule has 1 fully saturated rings. The molecule has 78 valence electrons. The van der Waals surface area contributed by atoms with Gasteiger partial charge in [-0.25, -0.2) is 0 Å². The molecule has 1 aliphatic rings. The van der Waals surface area contributed by atoms with Crippen molar-refractivity contribution >= 4 is 27.3 Å². The second-order valence-corrected chi connectivity index (χ2v) is 5.84. The van der Waals surface area contributed by atoms with E-state index in [4.69, 9.17) is 0 Å². The summed E-state index contributed by atoms with van der Waals surface area (Å²) in [5, 5.41) is 11.8. The molecule has 1 aliphatic carbocycles. The molecular formula is C11H15BrOS. The van der Waals surface area contributed by atoms with E-state index in [1.54, 1.807) is 11.3 Å². The molecule has 14 heavy (non-hydrogen) atoms. The van der Waals surface area contributed by atoms with Crippen molar-refractivity contribution in [1.82, 2.24) is 0 Å². The maximum Gasteiger partial charge on any atom is 0.0568 e. The third kappa shape index (κ3) is 2.81. The van der Waals surface area contributed by atoms with Crippen molar-refractivity contribution in [3.63, 3.8) is 0 Å². The Labute approximate surface area is 97.3 Å². The van der Waals surface area contributed by atoms with E-state index < -0.39 is 0 Å². The Morgan fingerprint density at radius 1 is 1.57 bits per heavy atom. The van der Waals surface area contributed by atoms with E-state index in [0.717, 1.165) is 19.3 Å². The minimum absolute atomic E-state index is 0.0336. The predicted molar refractivity (Wildman–Crippen MR) is 63.7 cm³/mol. The van der Waals surface area contributed by atoms with Crippen molar-refractivity contribution < 1.29 is 5.11 Å². The van der Waals surface area contributed by atoms with Crippen LogP contribution in [0, 0.1) is 5.92 Å². The number of aliphatic hydroxyl groups is 1. The molecule has 1 N–H and O–H groups in total. The van der Waals surface area contributed by atoms with Crippen LogP contribution in [-0.4, -0.2) is 11.2 Å². The Morgan fingerprint density at radius 2 is 2.36 bits per heavy atom. The molecule has 0 spiro atoms. The van der Waals surface area contributed by atoms with Crippen LogP contribution in [0.25, 0.3) is 0 Å². The Kier molecular flexibility index (Phi) is 3.63. The van der Waals surface area contributed by atoms with Crippen molar-refractivity contribution in [2.24, 2.45) is 5.92 Å². The van der Waals surface area contributed by atoms with Crippen molar-refractivity contribution in [3.8, 4) is 0 Å². The van der Waals surface area contributed by atoms with Crippen LogP contribution in [0.4, 0.5) is 0 Å². The fourth-order valence-corrected chi connectivity index (χ4v) is 3.29. The number of hydrogen-bond donors (Lipinski definition) is 1. The van der Waals surface area contributed by atoms with E-state index in [0.29, 0.717) is 5.92 Å². The van der Waals surface area contributed by atoms with Crippen LogP contribution in [0.5, 0.6) is 0 Å². The van der Waals surface area contributed by atoms with Crippen LogP contribution in [0.3, 0.4) is 0 Å². The van der Waals surface area contributed by atoms with E-state index in [-0.39, 0.29) is 6.10 Å². The first kappa shape index (κ1) is 10.7. The number of aliphatic hydroxyl groups excluding tert-OH is 1. The molecule has 0 aliphatic heterocycles. The maximum absolute atomic E-state index is 9.68. The number of halogens is 1. The monoisotopic (exact) mass is 274 g/mol. The summed E-state index contributed by atoms with van der Waals surface area (Å²) in [6, 6.07) is 2.09. The number of hydrogen-bond acceptors (Lipinski definition) is 2. The summed E-state index contributed by atoms with van der Waals surface area (Å²) in [6.07, 6.45) is 5.62. The lowest BCUT2D eigenvalue weighted by molar-refractivity contribution is 0.139. The van der Waals surface area contributed by atoms with Crippen LogP contribution < -0.4 is 0 Å². The first-order valence-corrected chi connectivity index (χ1v) is 6.84. The molecule has 1 heterocycles. The van der Waals surface area contributed by atoms with Gasteiger partial charge in [-0.05, 0) is 65.4 Å². The molecule has 0 saturated heterocycles. The van der Waals surface area contributed by atoms with Gasteiger partial charge in [-0.15, -0.1) is 11.3 Å². The molecule has 1 saturated carbocycles. The molecule has 1 aromatic heterocycles. The standard InChI is InChI=1S/C11H15BrOS/c12-9-6-7-14-11(9)3-1-2-10(13)8-4-5-8/h6-8,10,13H,1-5H2. The van der Waals surface area contributed by atoms with Crippen molar-refractivity contribution in [1.29, 1.82) is 0 Å². The minimum atomic E-state index is -0.0336. The quantitative estimate of drug-likeness (QED) is 0.870. The highest BCUT2D eigenvalue weighted by Crippen LogP contribution is 2.34. The number of thiophene rings is 1. The molecule has 3 heteroatoms. The topological polar surface area (TPSA) is 20.2 Å². The molecule has 1 atom stereocenters. The smallest absolute Gasteiger partial charge is 0.0568 e. The van der Waals surface area contributed by atoms with Crippen LogP contribution in [0.2, 0.25) is 0 Å². The average Bonchev–Trinajstić information content (AvgIpc) is 2.93. The normalized spacial score (nSPS) is 18.4. The third-order valence-corrected chi connectivity index (χ3v) is 4.75. The Balaban J connectivity index is 1.69. The minimum Gasteiger partial charge on any atom is -0.393 e. The Hall–Kier alpha value is 0.140. The lowest BCUT2D eigenvalue weighted by Crippen LogP contribution is -2.08. The maximum atomic E-state index is 9.68. The van der Waals surface area contributed by atoms with E-state index in [9.17, 15) is 5.11 Å². The molecule has 0 amide bonds. The van der Waals surface area contributed by atoms with E-state index in [1.807, 2.05) is 0 Å². The summed E-state index contributed by atoms with van der Waals surface area (Å²) in [4.78, 5) is 1.41. The first-order valence-electron chi connectivity index (χ1n) is 5.17. The van der Waals surface area contributed by atoms with Gasteiger partial charge in [0.2, 0.25) is 0 Å². The second kappa shape index (κ2) is 4.77. The van der Waals surface area contributed by atoms with Gasteiger partial charge in [-0.3, -0.25) is 0 Å². The predicted octanol–water partition coefficient (Wildman–Crippen LogP) is 3.60. The zero-order valence-electron chi connectivity index (χ0n) is 8.08. The fraction of sp³-hybridized carbons (Fsp3) is 0.636. The molecule has 0 bridgehead atoms. The van der Waals surface area contributed by atoms with Crippen molar-refractivity contribution in [2.45, 2.75) is 38.2 Å². The van der Waals surface area contributed by atoms with Gasteiger partial charge in [0.15, 0.2) is 0 Å². The summed E-state index contributed by atoms with van der Waals surface area (Å²) in [5.74, 6) is 0.627. The summed E-state index contributed by atoms with van der Waals surface area (Å²) in [6.45, 7) is 0. The van der Waals surface area contributed by atoms with Crippen molar-refractivity contribution in [2.75, 3.05) is 0 Å². The van der Waals surface area contributed by atoms with Gasteiger partial charge in [0, 0.05) is 9.35 Å². The van der Waals surface area contributed by atoms with E-state index in [1.165, 1.54) is 22.2 Å². The van der Waals surface area contributed by atoms with Gasteiger partial charge in [-0.2, -0.15) is 0 Å². The van der Waals surface area contributed by atoms with Gasteiger partial charge in [0.1, 0.15) is 0 Å². The fourth-order valence-electron chi connectivity index (χ4n) is 1.69. The summed E-state index contributed by atoms with van der Waals surface area (Å²) < 4.78 is 1.23. The molecular weight excluding hydrogens is 260 g/mol. The Bertz CT molecular complexity index is 293. The van der Waals surface area contributed by atoms with Gasteiger partial charge >= 0.3 is 0 Å². The second-order valence-electron chi connectivity index (χ2n) is 3.99. The summed E-state index contributed by atoms with van der Waals surface area (Å²) >= 11 is 5.32. The van der Waals surface area contributed by atoms with Crippen LogP contribution >= 0.6 is 27.3 Å². The lowest BCUT2D eigenvalue weighted by Gasteiger charge is -2.07. The van der Waals surface area contributed by atoms with Gasteiger partial charge < -0.3 is 5.11 Å². The zero-order chi connectivity index (χ0) is 9.97. The highest BCUT2D eigenvalue weighted by Gasteiger charge is 2.28.